The number of esters is 1. The first-order chi connectivity index (χ1) is 13.1. The molecule has 0 saturated carbocycles. The standard InChI is InChI=1S/C19H28N2O6S/c1-13(2)15(4)20-18(22)12-27-19(23)17-11-16(6-5-14(17)3)28(24,25)21-7-9-26-10-8-21/h5-6,11,13,15H,7-10,12H2,1-4H3,(H,20,22). The molecule has 0 aliphatic carbocycles. The number of morpholine rings is 1. The summed E-state index contributed by atoms with van der Waals surface area (Å²) in [4.78, 5) is 24.3. The second kappa shape index (κ2) is 9.49. The van der Waals surface area contributed by atoms with Crippen LogP contribution in [0.1, 0.15) is 36.7 Å². The Kier molecular flexibility index (Phi) is 7.56. The number of aryl methyl sites for hydroxylation is 1. The van der Waals surface area contributed by atoms with Crippen molar-refractivity contribution in [2.75, 3.05) is 32.9 Å². The molecule has 8 nitrogen and oxygen atoms in total. The maximum absolute atomic E-state index is 12.8. The van der Waals surface area contributed by atoms with E-state index in [9.17, 15) is 18.0 Å². The number of ether oxygens (including phenoxy) is 2. The van der Waals surface area contributed by atoms with Crippen molar-refractivity contribution < 1.29 is 27.5 Å². The number of benzene rings is 1. The van der Waals surface area contributed by atoms with Crippen LogP contribution in [0.5, 0.6) is 0 Å². The van der Waals surface area contributed by atoms with Gasteiger partial charge >= 0.3 is 5.97 Å². The number of nitrogens with zero attached hydrogens (tertiary/aromatic N) is 1. The molecular weight excluding hydrogens is 384 g/mol. The third-order valence-electron chi connectivity index (χ3n) is 4.76. The van der Waals surface area contributed by atoms with E-state index in [2.05, 4.69) is 5.32 Å². The van der Waals surface area contributed by atoms with Gasteiger partial charge in [-0.25, -0.2) is 13.2 Å². The average molecular weight is 413 g/mol. The number of hydrogen-bond donors (Lipinski definition) is 1. The van der Waals surface area contributed by atoms with Crippen molar-refractivity contribution >= 4 is 21.9 Å². The molecule has 0 bridgehead atoms. The molecule has 0 spiro atoms. The SMILES string of the molecule is Cc1ccc(S(=O)(=O)N2CCOCC2)cc1C(=O)OCC(=O)NC(C)C(C)C. The van der Waals surface area contributed by atoms with Crippen molar-refractivity contribution in [2.45, 2.75) is 38.6 Å². The largest absolute Gasteiger partial charge is 0.452 e. The van der Waals surface area contributed by atoms with Crippen LogP contribution in [0, 0.1) is 12.8 Å². The van der Waals surface area contributed by atoms with E-state index in [0.717, 1.165) is 0 Å². The minimum absolute atomic E-state index is 0.0184. The first kappa shape index (κ1) is 22.3. The predicted octanol–water partition coefficient (Wildman–Crippen LogP) is 1.33. The van der Waals surface area contributed by atoms with Crippen molar-refractivity contribution in [3.8, 4) is 0 Å². The third-order valence-corrected chi connectivity index (χ3v) is 6.65. The molecule has 9 heteroatoms. The van der Waals surface area contributed by atoms with Gasteiger partial charge in [-0.15, -0.1) is 0 Å². The number of hydrogen-bond acceptors (Lipinski definition) is 6. The van der Waals surface area contributed by atoms with Crippen LogP contribution in [0.4, 0.5) is 0 Å². The molecule has 1 aromatic carbocycles. The molecule has 1 N–H and O–H groups in total. The molecule has 1 amide bonds. The zero-order chi connectivity index (χ0) is 20.9. The summed E-state index contributed by atoms with van der Waals surface area (Å²) >= 11 is 0. The van der Waals surface area contributed by atoms with E-state index in [1.807, 2.05) is 20.8 Å². The fourth-order valence-electron chi connectivity index (χ4n) is 2.59. The Morgan fingerprint density at radius 2 is 1.86 bits per heavy atom. The monoisotopic (exact) mass is 412 g/mol. The van der Waals surface area contributed by atoms with E-state index in [4.69, 9.17) is 9.47 Å². The summed E-state index contributed by atoms with van der Waals surface area (Å²) in [5.74, 6) is -0.878. The lowest BCUT2D eigenvalue weighted by molar-refractivity contribution is -0.125. The van der Waals surface area contributed by atoms with Crippen molar-refractivity contribution in [2.24, 2.45) is 5.92 Å². The Morgan fingerprint density at radius 3 is 2.46 bits per heavy atom. The van der Waals surface area contributed by atoms with Gasteiger partial charge in [0.05, 0.1) is 23.7 Å². The minimum Gasteiger partial charge on any atom is -0.452 e. The Labute approximate surface area is 166 Å². The van der Waals surface area contributed by atoms with Crippen LogP contribution in [-0.2, 0) is 24.3 Å². The Morgan fingerprint density at radius 1 is 1.21 bits per heavy atom. The van der Waals surface area contributed by atoms with Crippen LogP contribution in [0.25, 0.3) is 0 Å². The highest BCUT2D eigenvalue weighted by Crippen LogP contribution is 2.21. The van der Waals surface area contributed by atoms with Crippen LogP contribution in [0.2, 0.25) is 0 Å². The van der Waals surface area contributed by atoms with E-state index in [1.165, 1.54) is 16.4 Å². The van der Waals surface area contributed by atoms with Crippen molar-refractivity contribution in [3.63, 3.8) is 0 Å². The van der Waals surface area contributed by atoms with E-state index in [1.54, 1.807) is 13.0 Å². The van der Waals surface area contributed by atoms with Crippen LogP contribution in [-0.4, -0.2) is 63.6 Å². The molecule has 1 aliphatic rings. The highest BCUT2D eigenvalue weighted by molar-refractivity contribution is 7.89. The van der Waals surface area contributed by atoms with Gasteiger partial charge in [0.2, 0.25) is 10.0 Å². The van der Waals surface area contributed by atoms with E-state index in [-0.39, 0.29) is 35.5 Å². The Balaban J connectivity index is 2.10. The number of nitrogens with one attached hydrogen (secondary N) is 1. The molecule has 2 rings (SSSR count). The van der Waals surface area contributed by atoms with Gasteiger partial charge in [0, 0.05) is 19.1 Å². The first-order valence-corrected chi connectivity index (χ1v) is 10.7. The molecule has 1 aliphatic heterocycles. The highest BCUT2D eigenvalue weighted by Gasteiger charge is 2.27. The summed E-state index contributed by atoms with van der Waals surface area (Å²) in [6.07, 6.45) is 0. The number of rotatable bonds is 7. The zero-order valence-corrected chi connectivity index (χ0v) is 17.5. The maximum atomic E-state index is 12.8. The number of sulfonamides is 1. The van der Waals surface area contributed by atoms with Gasteiger partial charge in [0.15, 0.2) is 6.61 Å². The molecular formula is C19H28N2O6S. The van der Waals surface area contributed by atoms with Gasteiger partial charge in [0.25, 0.3) is 5.91 Å². The van der Waals surface area contributed by atoms with Gasteiger partial charge in [-0.05, 0) is 37.5 Å². The lowest BCUT2D eigenvalue weighted by atomic mass is 10.1. The molecule has 1 atom stereocenters. The minimum atomic E-state index is -3.73. The topological polar surface area (TPSA) is 102 Å². The average Bonchev–Trinajstić information content (AvgIpc) is 2.66. The number of carbonyl (C=O) groups excluding carboxylic acids is 2. The van der Waals surface area contributed by atoms with Crippen LogP contribution >= 0.6 is 0 Å². The smallest absolute Gasteiger partial charge is 0.338 e. The molecule has 1 heterocycles. The fourth-order valence-corrected chi connectivity index (χ4v) is 4.02. The van der Waals surface area contributed by atoms with Gasteiger partial charge in [-0.1, -0.05) is 19.9 Å². The normalized spacial score (nSPS) is 16.6. The Bertz CT molecular complexity index is 816. The molecule has 28 heavy (non-hydrogen) atoms. The lowest BCUT2D eigenvalue weighted by Gasteiger charge is -2.26. The van der Waals surface area contributed by atoms with Crippen molar-refractivity contribution in [1.82, 2.24) is 9.62 Å². The molecule has 1 aromatic rings. The highest BCUT2D eigenvalue weighted by atomic mass is 32.2. The van der Waals surface area contributed by atoms with Gasteiger partial charge < -0.3 is 14.8 Å². The van der Waals surface area contributed by atoms with Crippen molar-refractivity contribution in [1.29, 1.82) is 0 Å². The first-order valence-electron chi connectivity index (χ1n) is 9.28. The van der Waals surface area contributed by atoms with E-state index in [0.29, 0.717) is 18.8 Å². The number of carbonyl (C=O) groups is 2. The molecule has 1 saturated heterocycles. The Hall–Kier alpha value is -1.97. The summed E-state index contributed by atoms with van der Waals surface area (Å²) in [5, 5.41) is 2.75. The van der Waals surface area contributed by atoms with Crippen LogP contribution < -0.4 is 5.32 Å². The van der Waals surface area contributed by atoms with E-state index < -0.39 is 28.5 Å². The second-order valence-electron chi connectivity index (χ2n) is 7.17. The van der Waals surface area contributed by atoms with Crippen LogP contribution in [0.15, 0.2) is 23.1 Å². The maximum Gasteiger partial charge on any atom is 0.338 e. The van der Waals surface area contributed by atoms with Gasteiger partial charge in [0.1, 0.15) is 0 Å². The summed E-state index contributed by atoms with van der Waals surface area (Å²) in [7, 11) is -3.73. The summed E-state index contributed by atoms with van der Waals surface area (Å²) in [5.41, 5.74) is 0.695. The van der Waals surface area contributed by atoms with Crippen LogP contribution in [0.3, 0.4) is 0 Å². The molecule has 0 aromatic heterocycles. The number of amides is 1. The van der Waals surface area contributed by atoms with Crippen molar-refractivity contribution in [3.05, 3.63) is 29.3 Å². The lowest BCUT2D eigenvalue weighted by Crippen LogP contribution is -2.40. The molecule has 1 unspecified atom stereocenters. The fraction of sp³-hybridized carbons (Fsp3) is 0.579. The second-order valence-corrected chi connectivity index (χ2v) is 9.11. The third kappa shape index (κ3) is 5.52. The predicted molar refractivity (Wildman–Crippen MR) is 103 cm³/mol. The van der Waals surface area contributed by atoms with Gasteiger partial charge in [-0.3, -0.25) is 4.79 Å². The summed E-state index contributed by atoms with van der Waals surface area (Å²) in [6.45, 7) is 8.29. The molecule has 0 radical (unpaired) electrons. The summed E-state index contributed by atoms with van der Waals surface area (Å²) < 4.78 is 37.2. The molecule has 1 fully saturated rings. The van der Waals surface area contributed by atoms with Gasteiger partial charge in [-0.2, -0.15) is 4.31 Å². The zero-order valence-electron chi connectivity index (χ0n) is 16.7. The van der Waals surface area contributed by atoms with E-state index >= 15 is 0 Å². The molecule has 156 valence electrons. The summed E-state index contributed by atoms with van der Waals surface area (Å²) in [6, 6.07) is 4.28. The quantitative estimate of drug-likeness (QED) is 0.678.